The molecule has 0 N–H and O–H groups in total. The first-order valence-electron chi connectivity index (χ1n) is 4.76. The molecule has 1 rings (SSSR count). The number of Topliss-reactive ketones (excluding diaryl/α,β-unsaturated/α-hetero) is 1. The van der Waals surface area contributed by atoms with Crippen LogP contribution >= 0.6 is 11.8 Å². The van der Waals surface area contributed by atoms with Gasteiger partial charge in [0.1, 0.15) is 6.42 Å². The molecule has 0 aliphatic carbocycles. The van der Waals surface area contributed by atoms with Crippen LogP contribution in [0.5, 0.6) is 0 Å². The third-order valence-corrected chi connectivity index (χ3v) is 4.06. The Morgan fingerprint density at radius 3 is 2.71 bits per heavy atom. The summed E-state index contributed by atoms with van der Waals surface area (Å²) in [4.78, 5) is 22.7. The Morgan fingerprint density at radius 2 is 2.21 bits per heavy atom. The molecule has 1 saturated heterocycles. The predicted octanol–water partition coefficient (Wildman–Crippen LogP) is 1.65. The number of esters is 1. The van der Waals surface area contributed by atoms with E-state index in [4.69, 9.17) is 0 Å². The molecule has 3 nitrogen and oxygen atoms in total. The van der Waals surface area contributed by atoms with E-state index in [2.05, 4.69) is 4.74 Å². The Labute approximate surface area is 88.6 Å². The lowest BCUT2D eigenvalue weighted by Crippen LogP contribution is -2.34. The molecule has 0 aromatic heterocycles. The maximum absolute atomic E-state index is 11.8. The van der Waals surface area contributed by atoms with Crippen LogP contribution in [0.25, 0.3) is 0 Å². The third-order valence-electron chi connectivity index (χ3n) is 2.64. The maximum atomic E-state index is 11.8. The molecule has 1 aliphatic heterocycles. The summed E-state index contributed by atoms with van der Waals surface area (Å²) in [6.45, 7) is 1.95. The summed E-state index contributed by atoms with van der Waals surface area (Å²) in [5, 5.41) is 0. The van der Waals surface area contributed by atoms with Crippen molar-refractivity contribution in [3.8, 4) is 0 Å². The van der Waals surface area contributed by atoms with Crippen LogP contribution in [0.15, 0.2) is 0 Å². The van der Waals surface area contributed by atoms with E-state index in [9.17, 15) is 9.59 Å². The van der Waals surface area contributed by atoms with Gasteiger partial charge < -0.3 is 4.74 Å². The van der Waals surface area contributed by atoms with Gasteiger partial charge >= 0.3 is 5.97 Å². The van der Waals surface area contributed by atoms with Gasteiger partial charge in [-0.05, 0) is 18.6 Å². The molecule has 0 amide bonds. The first-order valence-corrected chi connectivity index (χ1v) is 5.92. The summed E-state index contributed by atoms with van der Waals surface area (Å²) in [5.41, 5.74) is -0.308. The lowest BCUT2D eigenvalue weighted by molar-refractivity contribution is -0.145. The smallest absolute Gasteiger partial charge is 0.313 e. The monoisotopic (exact) mass is 216 g/mol. The second-order valence-electron chi connectivity index (χ2n) is 3.89. The Hall–Kier alpha value is -0.510. The molecule has 1 unspecified atom stereocenters. The molecule has 0 bridgehead atoms. The van der Waals surface area contributed by atoms with E-state index in [1.54, 1.807) is 11.8 Å². The van der Waals surface area contributed by atoms with Crippen LogP contribution in [0.1, 0.15) is 26.2 Å². The molecule has 0 radical (unpaired) electrons. The number of hydrogen-bond acceptors (Lipinski definition) is 4. The Bertz CT molecular complexity index is 232. The van der Waals surface area contributed by atoms with Crippen molar-refractivity contribution in [3.63, 3.8) is 0 Å². The first-order chi connectivity index (χ1) is 6.58. The fraction of sp³-hybridized carbons (Fsp3) is 0.800. The summed E-state index contributed by atoms with van der Waals surface area (Å²) in [7, 11) is 1.31. The van der Waals surface area contributed by atoms with Crippen molar-refractivity contribution in [3.05, 3.63) is 0 Å². The molecule has 14 heavy (non-hydrogen) atoms. The molecular weight excluding hydrogens is 200 g/mol. The van der Waals surface area contributed by atoms with Crippen molar-refractivity contribution in [1.29, 1.82) is 0 Å². The van der Waals surface area contributed by atoms with Crippen molar-refractivity contribution < 1.29 is 14.3 Å². The van der Waals surface area contributed by atoms with Gasteiger partial charge in [-0.15, -0.1) is 0 Å². The largest absolute Gasteiger partial charge is 0.469 e. The predicted molar refractivity (Wildman–Crippen MR) is 56.3 cm³/mol. The minimum absolute atomic E-state index is 0.0246. The summed E-state index contributed by atoms with van der Waals surface area (Å²) >= 11 is 1.79. The minimum Gasteiger partial charge on any atom is -0.469 e. The Balaban J connectivity index is 2.53. The molecule has 1 heterocycles. The lowest BCUT2D eigenvalue weighted by atomic mass is 9.81. The topological polar surface area (TPSA) is 43.4 Å². The van der Waals surface area contributed by atoms with E-state index < -0.39 is 5.97 Å². The number of thioether (sulfide) groups is 1. The van der Waals surface area contributed by atoms with Crippen LogP contribution in [0.3, 0.4) is 0 Å². The van der Waals surface area contributed by atoms with Gasteiger partial charge in [-0.3, -0.25) is 9.59 Å². The number of methoxy groups -OCH3 is 1. The maximum Gasteiger partial charge on any atom is 0.313 e. The molecule has 0 aromatic carbocycles. The normalized spacial score (nSPS) is 27.0. The Morgan fingerprint density at radius 1 is 1.50 bits per heavy atom. The van der Waals surface area contributed by atoms with Gasteiger partial charge in [0.25, 0.3) is 0 Å². The van der Waals surface area contributed by atoms with E-state index >= 15 is 0 Å². The molecule has 1 aliphatic rings. The zero-order valence-electron chi connectivity index (χ0n) is 8.67. The summed E-state index contributed by atoms with van der Waals surface area (Å²) in [5.74, 6) is 1.56. The van der Waals surface area contributed by atoms with Crippen LogP contribution < -0.4 is 0 Å². The van der Waals surface area contributed by atoms with E-state index in [-0.39, 0.29) is 17.6 Å². The van der Waals surface area contributed by atoms with Crippen molar-refractivity contribution in [2.24, 2.45) is 5.41 Å². The third kappa shape index (κ3) is 2.74. The minimum atomic E-state index is -0.424. The van der Waals surface area contributed by atoms with Gasteiger partial charge in [-0.2, -0.15) is 11.8 Å². The van der Waals surface area contributed by atoms with Crippen molar-refractivity contribution >= 4 is 23.5 Å². The highest BCUT2D eigenvalue weighted by Gasteiger charge is 2.35. The molecule has 4 heteroatoms. The molecule has 0 aromatic rings. The Kier molecular flexibility index (Phi) is 3.98. The van der Waals surface area contributed by atoms with Gasteiger partial charge in [0, 0.05) is 11.2 Å². The van der Waals surface area contributed by atoms with Crippen LogP contribution in [0, 0.1) is 5.41 Å². The fourth-order valence-electron chi connectivity index (χ4n) is 1.57. The van der Waals surface area contributed by atoms with E-state index in [1.807, 2.05) is 6.92 Å². The number of hydrogen-bond donors (Lipinski definition) is 0. The highest BCUT2D eigenvalue weighted by Crippen LogP contribution is 2.35. The lowest BCUT2D eigenvalue weighted by Gasteiger charge is -2.31. The van der Waals surface area contributed by atoms with Crippen molar-refractivity contribution in [2.75, 3.05) is 18.6 Å². The van der Waals surface area contributed by atoms with Crippen LogP contribution in [-0.2, 0) is 14.3 Å². The summed E-state index contributed by atoms with van der Waals surface area (Å²) < 4.78 is 4.49. The molecule has 0 spiro atoms. The number of carbonyl (C=O) groups excluding carboxylic acids is 2. The number of ketones is 1. The number of ether oxygens (including phenoxy) is 1. The SMILES string of the molecule is COC(=O)CC(=O)C1(C)CCCSC1. The molecule has 80 valence electrons. The zero-order valence-corrected chi connectivity index (χ0v) is 9.49. The number of rotatable bonds is 3. The van der Waals surface area contributed by atoms with Crippen molar-refractivity contribution in [1.82, 2.24) is 0 Å². The molecule has 1 fully saturated rings. The molecule has 1 atom stereocenters. The zero-order chi connectivity index (χ0) is 10.6. The van der Waals surface area contributed by atoms with E-state index in [0.717, 1.165) is 24.3 Å². The average molecular weight is 216 g/mol. The standard InChI is InChI=1S/C10H16O3S/c1-10(4-3-5-14-7-10)8(11)6-9(12)13-2/h3-7H2,1-2H3. The van der Waals surface area contributed by atoms with Crippen LogP contribution in [-0.4, -0.2) is 30.4 Å². The van der Waals surface area contributed by atoms with E-state index in [0.29, 0.717) is 0 Å². The van der Waals surface area contributed by atoms with Gasteiger partial charge in [0.15, 0.2) is 5.78 Å². The average Bonchev–Trinajstić information content (AvgIpc) is 2.18. The second kappa shape index (κ2) is 4.82. The second-order valence-corrected chi connectivity index (χ2v) is 5.00. The highest BCUT2D eigenvalue weighted by molar-refractivity contribution is 7.99. The van der Waals surface area contributed by atoms with Gasteiger partial charge in [0.2, 0.25) is 0 Å². The quantitative estimate of drug-likeness (QED) is 0.531. The van der Waals surface area contributed by atoms with Gasteiger partial charge in [-0.25, -0.2) is 0 Å². The molecular formula is C10H16O3S. The fourth-order valence-corrected chi connectivity index (χ4v) is 2.82. The first kappa shape index (κ1) is 11.6. The van der Waals surface area contributed by atoms with Crippen LogP contribution in [0.2, 0.25) is 0 Å². The summed E-state index contributed by atoms with van der Waals surface area (Å²) in [6, 6.07) is 0. The van der Waals surface area contributed by atoms with Crippen molar-refractivity contribution in [2.45, 2.75) is 26.2 Å². The highest BCUT2D eigenvalue weighted by atomic mass is 32.2. The van der Waals surface area contributed by atoms with Gasteiger partial charge in [0.05, 0.1) is 7.11 Å². The van der Waals surface area contributed by atoms with Crippen LogP contribution in [0.4, 0.5) is 0 Å². The van der Waals surface area contributed by atoms with Gasteiger partial charge in [-0.1, -0.05) is 6.92 Å². The summed E-state index contributed by atoms with van der Waals surface area (Å²) in [6.07, 6.45) is 1.89. The molecule has 0 saturated carbocycles. The number of carbonyl (C=O) groups is 2. The van der Waals surface area contributed by atoms with E-state index in [1.165, 1.54) is 7.11 Å².